The number of H-pyrrole nitrogens is 1. The van der Waals surface area contributed by atoms with E-state index in [9.17, 15) is 9.59 Å². The highest BCUT2D eigenvalue weighted by molar-refractivity contribution is 7.95. The Bertz CT molecular complexity index is 300. The minimum atomic E-state index is -0.514. The fourth-order valence-corrected chi connectivity index (χ4v) is 0.824. The quantitative estimate of drug-likeness (QED) is 0.510. The van der Waals surface area contributed by atoms with E-state index in [2.05, 4.69) is 4.98 Å². The lowest BCUT2D eigenvalue weighted by Gasteiger charge is -1.93. The normalized spacial score (nSPS) is 9.70. The van der Waals surface area contributed by atoms with Gasteiger partial charge >= 0.3 is 5.69 Å². The number of hydrogen-bond donors (Lipinski definition) is 2. The predicted molar refractivity (Wildman–Crippen MR) is 38.5 cm³/mol. The molecule has 0 saturated carbocycles. The van der Waals surface area contributed by atoms with Crippen molar-refractivity contribution in [3.8, 4) is 0 Å². The van der Waals surface area contributed by atoms with Gasteiger partial charge in [-0.05, 0) is 0 Å². The topological polar surface area (TPSA) is 80.9 Å². The van der Waals surface area contributed by atoms with Gasteiger partial charge in [-0.2, -0.15) is 3.97 Å². The molecule has 0 radical (unpaired) electrons. The zero-order valence-corrected chi connectivity index (χ0v) is 5.72. The van der Waals surface area contributed by atoms with Crippen LogP contribution in [0, 0.1) is 0 Å². The summed E-state index contributed by atoms with van der Waals surface area (Å²) in [7, 11) is 0. The lowest BCUT2D eigenvalue weighted by Crippen LogP contribution is -2.30. The van der Waals surface area contributed by atoms with E-state index in [0.717, 1.165) is 3.97 Å². The Balaban J connectivity index is 3.46. The average Bonchev–Trinajstić information content (AvgIpc) is 1.88. The molecule has 0 atom stereocenters. The van der Waals surface area contributed by atoms with Crippen LogP contribution >= 0.6 is 12.1 Å². The van der Waals surface area contributed by atoms with Gasteiger partial charge in [0.25, 0.3) is 5.56 Å². The second kappa shape index (κ2) is 2.72. The second-order valence-electron chi connectivity index (χ2n) is 1.52. The van der Waals surface area contributed by atoms with Crippen LogP contribution in [0.2, 0.25) is 0 Å². The van der Waals surface area contributed by atoms with Crippen LogP contribution in [0.5, 0.6) is 0 Å². The minimum Gasteiger partial charge on any atom is -0.313 e. The summed E-state index contributed by atoms with van der Waals surface area (Å²) < 4.78 is 0.819. The summed E-state index contributed by atoms with van der Waals surface area (Å²) in [6.45, 7) is 0. The molecular formula is C4H5N3O2S. The Morgan fingerprint density at radius 1 is 1.60 bits per heavy atom. The van der Waals surface area contributed by atoms with E-state index >= 15 is 0 Å². The Morgan fingerprint density at radius 2 is 2.30 bits per heavy atom. The van der Waals surface area contributed by atoms with E-state index in [0.29, 0.717) is 12.1 Å². The zero-order valence-electron chi connectivity index (χ0n) is 4.90. The van der Waals surface area contributed by atoms with E-state index < -0.39 is 11.2 Å². The molecule has 0 unspecified atom stereocenters. The smallest absolute Gasteiger partial charge is 0.313 e. The Morgan fingerprint density at radius 3 is 2.70 bits per heavy atom. The fourth-order valence-electron chi connectivity index (χ4n) is 0.510. The third-order valence-corrected chi connectivity index (χ3v) is 1.48. The zero-order chi connectivity index (χ0) is 7.56. The van der Waals surface area contributed by atoms with Gasteiger partial charge in [0.15, 0.2) is 0 Å². The van der Waals surface area contributed by atoms with E-state index in [1.807, 2.05) is 0 Å². The molecule has 54 valence electrons. The lowest BCUT2D eigenvalue weighted by atomic mass is 10.7. The van der Waals surface area contributed by atoms with Crippen molar-refractivity contribution in [1.29, 1.82) is 0 Å². The third-order valence-electron chi connectivity index (χ3n) is 0.923. The van der Waals surface area contributed by atoms with Gasteiger partial charge in [-0.25, -0.2) is 4.79 Å². The van der Waals surface area contributed by atoms with Crippen molar-refractivity contribution in [2.75, 3.05) is 0 Å². The van der Waals surface area contributed by atoms with Crippen molar-refractivity contribution >= 4 is 12.1 Å². The summed E-state index contributed by atoms with van der Waals surface area (Å²) in [6, 6.07) is 1.22. The van der Waals surface area contributed by atoms with Crippen LogP contribution in [0.15, 0.2) is 21.9 Å². The van der Waals surface area contributed by atoms with Crippen LogP contribution in [0.3, 0.4) is 0 Å². The molecule has 1 rings (SSSR count). The number of nitrogens with two attached hydrogens (primary N) is 1. The summed E-state index contributed by atoms with van der Waals surface area (Å²) in [5.74, 6) is 0. The molecule has 5 nitrogen and oxygen atoms in total. The number of aromatic nitrogens is 2. The highest BCUT2D eigenvalue weighted by Crippen LogP contribution is 1.79. The highest BCUT2D eigenvalue weighted by atomic mass is 32.2. The molecule has 0 aliphatic heterocycles. The number of aromatic amines is 1. The third kappa shape index (κ3) is 1.12. The maximum absolute atomic E-state index is 10.7. The molecule has 0 amide bonds. The fraction of sp³-hybridized carbons (Fsp3) is 0. The van der Waals surface area contributed by atoms with E-state index in [1.54, 1.807) is 0 Å². The SMILES string of the molecule is NSn1c(=O)cc[nH]c1=O. The maximum Gasteiger partial charge on any atom is 0.339 e. The van der Waals surface area contributed by atoms with Crippen LogP contribution in [-0.4, -0.2) is 8.96 Å². The minimum absolute atomic E-state index is 0.420. The van der Waals surface area contributed by atoms with E-state index in [1.165, 1.54) is 12.3 Å². The number of rotatable bonds is 1. The molecule has 0 aliphatic rings. The largest absolute Gasteiger partial charge is 0.339 e. The second-order valence-corrected chi connectivity index (χ2v) is 2.10. The Labute approximate surface area is 60.1 Å². The molecule has 6 heteroatoms. The van der Waals surface area contributed by atoms with Crippen molar-refractivity contribution in [2.24, 2.45) is 5.14 Å². The molecular weight excluding hydrogens is 154 g/mol. The summed E-state index contributed by atoms with van der Waals surface area (Å²) in [4.78, 5) is 23.7. The van der Waals surface area contributed by atoms with Crippen LogP contribution < -0.4 is 16.4 Å². The maximum atomic E-state index is 10.7. The molecule has 0 aliphatic carbocycles. The first-order valence-electron chi connectivity index (χ1n) is 2.43. The molecule has 0 fully saturated rings. The monoisotopic (exact) mass is 159 g/mol. The van der Waals surface area contributed by atoms with Crippen molar-refractivity contribution in [3.63, 3.8) is 0 Å². The summed E-state index contributed by atoms with van der Waals surface area (Å²) in [5, 5.41) is 5.01. The summed E-state index contributed by atoms with van der Waals surface area (Å²) >= 11 is 0.582. The summed E-state index contributed by atoms with van der Waals surface area (Å²) in [5.41, 5.74) is -0.934. The molecule has 0 aromatic carbocycles. The van der Waals surface area contributed by atoms with Gasteiger partial charge in [-0.15, -0.1) is 0 Å². The van der Waals surface area contributed by atoms with Gasteiger partial charge < -0.3 is 4.98 Å². The van der Waals surface area contributed by atoms with Crippen molar-refractivity contribution in [3.05, 3.63) is 33.1 Å². The first-order chi connectivity index (χ1) is 4.75. The highest BCUT2D eigenvalue weighted by Gasteiger charge is 1.95. The first kappa shape index (κ1) is 7.10. The van der Waals surface area contributed by atoms with Crippen LogP contribution in [0.25, 0.3) is 0 Å². The van der Waals surface area contributed by atoms with Crippen molar-refractivity contribution < 1.29 is 0 Å². The van der Waals surface area contributed by atoms with E-state index in [-0.39, 0.29) is 0 Å². The number of hydrogen-bond acceptors (Lipinski definition) is 4. The van der Waals surface area contributed by atoms with Crippen LogP contribution in [-0.2, 0) is 0 Å². The molecule has 0 spiro atoms. The average molecular weight is 159 g/mol. The van der Waals surface area contributed by atoms with Gasteiger partial charge in [0, 0.05) is 24.4 Å². The van der Waals surface area contributed by atoms with Gasteiger partial charge in [0.05, 0.1) is 0 Å². The number of nitrogens with zero attached hydrogens (tertiary/aromatic N) is 1. The predicted octanol–water partition coefficient (Wildman–Crippen LogP) is -1.09. The molecule has 1 aromatic heterocycles. The van der Waals surface area contributed by atoms with Crippen molar-refractivity contribution in [2.45, 2.75) is 0 Å². The lowest BCUT2D eigenvalue weighted by molar-refractivity contribution is 0.979. The molecule has 3 N–H and O–H groups in total. The standard InChI is InChI=1S/C4H5N3O2S/c5-10-7-3(8)1-2-6-4(7)9/h1-2H,5H2,(H,6,9). The molecule has 0 bridgehead atoms. The van der Waals surface area contributed by atoms with Gasteiger partial charge in [0.1, 0.15) is 0 Å². The van der Waals surface area contributed by atoms with Crippen molar-refractivity contribution in [1.82, 2.24) is 8.96 Å². The number of nitrogens with one attached hydrogen (secondary N) is 1. The van der Waals surface area contributed by atoms with E-state index in [4.69, 9.17) is 5.14 Å². The first-order valence-corrected chi connectivity index (χ1v) is 3.27. The molecule has 0 saturated heterocycles. The van der Waals surface area contributed by atoms with Crippen LogP contribution in [0.1, 0.15) is 0 Å². The Kier molecular flexibility index (Phi) is 1.93. The van der Waals surface area contributed by atoms with Gasteiger partial charge in [0.2, 0.25) is 0 Å². The van der Waals surface area contributed by atoms with Gasteiger partial charge in [-0.1, -0.05) is 0 Å². The van der Waals surface area contributed by atoms with Gasteiger partial charge in [-0.3, -0.25) is 9.93 Å². The molecule has 10 heavy (non-hydrogen) atoms. The Hall–Kier alpha value is -1.01. The molecule has 1 heterocycles. The summed E-state index contributed by atoms with van der Waals surface area (Å²) in [6.07, 6.45) is 1.28. The molecule has 1 aromatic rings. The van der Waals surface area contributed by atoms with Crippen LogP contribution in [0.4, 0.5) is 0 Å².